The summed E-state index contributed by atoms with van der Waals surface area (Å²) < 4.78 is 33.7. The number of rotatable bonds is 9. The van der Waals surface area contributed by atoms with Crippen molar-refractivity contribution >= 4 is 33.2 Å². The minimum Gasteiger partial charge on any atom is -0.497 e. The van der Waals surface area contributed by atoms with Gasteiger partial charge < -0.3 is 10.1 Å². The number of hydrogen-bond acceptors (Lipinski definition) is 4. The second-order valence-corrected chi connectivity index (χ2v) is 10.6. The SMILES string of the molecule is COc1ccc([C@@H](CC(C)C)NC(=O)c2ccc(Cl)c(S(=O)(=O)Nc3ccc(C)cc3)c2)cc1. The first kappa shape index (κ1) is 25.6. The summed E-state index contributed by atoms with van der Waals surface area (Å²) in [7, 11) is -2.40. The molecule has 2 N–H and O–H groups in total. The highest BCUT2D eigenvalue weighted by Crippen LogP contribution is 2.27. The third kappa shape index (κ3) is 6.52. The Balaban J connectivity index is 1.86. The van der Waals surface area contributed by atoms with Crippen molar-refractivity contribution in [1.29, 1.82) is 0 Å². The first-order valence-corrected chi connectivity index (χ1v) is 12.8. The summed E-state index contributed by atoms with van der Waals surface area (Å²) in [6.45, 7) is 6.06. The molecule has 3 aromatic rings. The average Bonchev–Trinajstić information content (AvgIpc) is 2.80. The van der Waals surface area contributed by atoms with E-state index in [1.54, 1.807) is 31.4 Å². The van der Waals surface area contributed by atoms with Gasteiger partial charge in [0.2, 0.25) is 0 Å². The molecule has 0 aliphatic rings. The lowest BCUT2D eigenvalue weighted by molar-refractivity contribution is 0.0931. The number of sulfonamides is 1. The van der Waals surface area contributed by atoms with Crippen LogP contribution in [-0.2, 0) is 10.0 Å². The van der Waals surface area contributed by atoms with Crippen LogP contribution in [0, 0.1) is 12.8 Å². The van der Waals surface area contributed by atoms with Gasteiger partial charge in [-0.2, -0.15) is 0 Å². The zero-order valence-corrected chi connectivity index (χ0v) is 21.2. The number of benzene rings is 3. The molecule has 0 aromatic heterocycles. The van der Waals surface area contributed by atoms with Gasteiger partial charge >= 0.3 is 0 Å². The molecule has 0 spiro atoms. The van der Waals surface area contributed by atoms with Crippen molar-refractivity contribution in [3.05, 3.63) is 88.4 Å². The number of ether oxygens (including phenoxy) is 1. The second-order valence-electron chi connectivity index (χ2n) is 8.55. The van der Waals surface area contributed by atoms with E-state index < -0.39 is 10.0 Å². The summed E-state index contributed by atoms with van der Waals surface area (Å²) in [5.41, 5.74) is 2.56. The molecule has 6 nitrogen and oxygen atoms in total. The van der Waals surface area contributed by atoms with Gasteiger partial charge in [0.15, 0.2) is 0 Å². The highest BCUT2D eigenvalue weighted by Gasteiger charge is 2.22. The number of hydrogen-bond donors (Lipinski definition) is 2. The third-order valence-corrected chi connectivity index (χ3v) is 7.18. The molecule has 0 aliphatic heterocycles. The van der Waals surface area contributed by atoms with Crippen molar-refractivity contribution in [2.75, 3.05) is 11.8 Å². The fraction of sp³-hybridized carbons (Fsp3) is 0.269. The largest absolute Gasteiger partial charge is 0.497 e. The smallest absolute Gasteiger partial charge is 0.263 e. The van der Waals surface area contributed by atoms with E-state index in [0.29, 0.717) is 18.0 Å². The zero-order chi connectivity index (χ0) is 24.9. The van der Waals surface area contributed by atoms with Crippen LogP contribution in [0.5, 0.6) is 5.75 Å². The Bertz CT molecular complexity index is 1240. The molecule has 0 bridgehead atoms. The average molecular weight is 501 g/mol. The predicted molar refractivity (Wildman–Crippen MR) is 136 cm³/mol. The zero-order valence-electron chi connectivity index (χ0n) is 19.6. The van der Waals surface area contributed by atoms with Gasteiger partial charge in [0.25, 0.3) is 15.9 Å². The third-order valence-electron chi connectivity index (χ3n) is 5.32. The van der Waals surface area contributed by atoms with E-state index in [1.165, 1.54) is 18.2 Å². The summed E-state index contributed by atoms with van der Waals surface area (Å²) in [6, 6.07) is 18.4. The van der Waals surface area contributed by atoms with Crippen molar-refractivity contribution in [2.45, 2.75) is 38.1 Å². The van der Waals surface area contributed by atoms with Gasteiger partial charge in [0.05, 0.1) is 18.2 Å². The molecule has 0 saturated heterocycles. The number of carbonyl (C=O) groups excluding carboxylic acids is 1. The molecular weight excluding hydrogens is 472 g/mol. The van der Waals surface area contributed by atoms with Gasteiger partial charge in [-0.15, -0.1) is 0 Å². The van der Waals surface area contributed by atoms with Crippen LogP contribution in [0.2, 0.25) is 5.02 Å². The Morgan fingerprint density at radius 2 is 1.65 bits per heavy atom. The Labute approximate surface area is 206 Å². The van der Waals surface area contributed by atoms with Crippen molar-refractivity contribution < 1.29 is 17.9 Å². The van der Waals surface area contributed by atoms with E-state index in [0.717, 1.165) is 16.9 Å². The maximum atomic E-state index is 13.1. The van der Waals surface area contributed by atoms with E-state index in [9.17, 15) is 13.2 Å². The van der Waals surface area contributed by atoms with Crippen molar-refractivity contribution in [1.82, 2.24) is 5.32 Å². The van der Waals surface area contributed by atoms with Crippen molar-refractivity contribution in [3.8, 4) is 5.75 Å². The van der Waals surface area contributed by atoms with Crippen molar-refractivity contribution in [2.24, 2.45) is 5.92 Å². The summed E-state index contributed by atoms with van der Waals surface area (Å²) >= 11 is 6.21. The molecule has 0 heterocycles. The molecule has 8 heteroatoms. The number of amides is 1. The molecule has 1 amide bonds. The molecule has 0 aliphatic carbocycles. The van der Waals surface area contributed by atoms with E-state index in [1.807, 2.05) is 31.2 Å². The van der Waals surface area contributed by atoms with E-state index in [-0.39, 0.29) is 27.4 Å². The van der Waals surface area contributed by atoms with Crippen LogP contribution in [0.15, 0.2) is 71.6 Å². The van der Waals surface area contributed by atoms with Gasteiger partial charge in [0.1, 0.15) is 10.6 Å². The molecule has 1 atom stereocenters. The van der Waals surface area contributed by atoms with E-state index in [2.05, 4.69) is 23.9 Å². The molecule has 0 fully saturated rings. The van der Waals surface area contributed by atoms with Gasteiger partial charge in [-0.25, -0.2) is 8.42 Å². The Hall–Kier alpha value is -3.03. The first-order chi connectivity index (χ1) is 16.1. The van der Waals surface area contributed by atoms with Crippen LogP contribution in [0.3, 0.4) is 0 Å². The predicted octanol–water partition coefficient (Wildman–Crippen LogP) is 5.98. The number of nitrogens with one attached hydrogen (secondary N) is 2. The minimum absolute atomic E-state index is 0.0325. The number of anilines is 1. The van der Waals surface area contributed by atoms with E-state index in [4.69, 9.17) is 16.3 Å². The maximum absolute atomic E-state index is 13.1. The Morgan fingerprint density at radius 1 is 1.00 bits per heavy atom. The van der Waals surface area contributed by atoms with Crippen LogP contribution in [0.1, 0.15) is 47.8 Å². The quantitative estimate of drug-likeness (QED) is 0.378. The summed E-state index contributed by atoms with van der Waals surface area (Å²) in [6.07, 6.45) is 0.714. The summed E-state index contributed by atoms with van der Waals surface area (Å²) in [5.74, 6) is 0.671. The van der Waals surface area contributed by atoms with Crippen LogP contribution in [0.4, 0.5) is 5.69 Å². The summed E-state index contributed by atoms with van der Waals surface area (Å²) in [4.78, 5) is 13.0. The fourth-order valence-electron chi connectivity index (χ4n) is 3.51. The van der Waals surface area contributed by atoms with Gasteiger partial charge in [-0.05, 0) is 67.3 Å². The second kappa shape index (κ2) is 10.9. The molecule has 180 valence electrons. The molecular formula is C26H29ClN2O4S. The number of aryl methyl sites for hydroxylation is 1. The topological polar surface area (TPSA) is 84.5 Å². The Morgan fingerprint density at radius 3 is 2.24 bits per heavy atom. The number of halogens is 1. The molecule has 0 saturated carbocycles. The maximum Gasteiger partial charge on any atom is 0.263 e. The molecule has 0 radical (unpaired) electrons. The van der Waals surface area contributed by atoms with Crippen LogP contribution >= 0.6 is 11.6 Å². The molecule has 0 unspecified atom stereocenters. The lowest BCUT2D eigenvalue weighted by Crippen LogP contribution is -2.29. The van der Waals surface area contributed by atoms with Crippen LogP contribution in [0.25, 0.3) is 0 Å². The van der Waals surface area contributed by atoms with Crippen LogP contribution in [-0.4, -0.2) is 21.4 Å². The highest BCUT2D eigenvalue weighted by atomic mass is 35.5. The monoisotopic (exact) mass is 500 g/mol. The first-order valence-electron chi connectivity index (χ1n) is 10.9. The number of methoxy groups -OCH3 is 1. The van der Waals surface area contributed by atoms with Crippen molar-refractivity contribution in [3.63, 3.8) is 0 Å². The van der Waals surface area contributed by atoms with Gasteiger partial charge in [-0.3, -0.25) is 9.52 Å². The van der Waals surface area contributed by atoms with Gasteiger partial charge in [-0.1, -0.05) is 55.3 Å². The fourth-order valence-corrected chi connectivity index (χ4v) is 5.10. The Kier molecular flexibility index (Phi) is 8.23. The molecule has 3 rings (SSSR count). The lowest BCUT2D eigenvalue weighted by Gasteiger charge is -2.22. The normalized spacial score (nSPS) is 12.3. The highest BCUT2D eigenvalue weighted by molar-refractivity contribution is 7.92. The van der Waals surface area contributed by atoms with E-state index >= 15 is 0 Å². The lowest BCUT2D eigenvalue weighted by atomic mass is 9.96. The molecule has 3 aromatic carbocycles. The summed E-state index contributed by atoms with van der Waals surface area (Å²) in [5, 5.41) is 3.07. The van der Waals surface area contributed by atoms with Crippen LogP contribution < -0.4 is 14.8 Å². The minimum atomic E-state index is -4.00. The molecule has 34 heavy (non-hydrogen) atoms. The standard InChI is InChI=1S/C26H29ClN2O4S/c1-17(2)15-24(19-7-12-22(33-4)13-8-19)28-26(30)20-9-14-23(27)25(16-20)34(31,32)29-21-10-5-18(3)6-11-21/h5-14,16-17,24,29H,15H2,1-4H3,(H,28,30)/t24-/m1/s1. The number of carbonyl (C=O) groups is 1. The van der Waals surface area contributed by atoms with Gasteiger partial charge in [0, 0.05) is 11.3 Å².